The Morgan fingerprint density at radius 3 is 2.87 bits per heavy atom. The fourth-order valence-corrected chi connectivity index (χ4v) is 2.33. The number of aryl methyl sites for hydroxylation is 1. The van der Waals surface area contributed by atoms with E-state index < -0.39 is 0 Å². The zero-order chi connectivity index (χ0) is 11.1. The third-order valence-electron chi connectivity index (χ3n) is 3.01. The van der Waals surface area contributed by atoms with E-state index in [1.54, 1.807) is 0 Å². The Bertz CT molecular complexity index is 371. The van der Waals surface area contributed by atoms with E-state index in [1.165, 1.54) is 11.1 Å². The predicted molar refractivity (Wildman–Crippen MR) is 62.3 cm³/mol. The summed E-state index contributed by atoms with van der Waals surface area (Å²) in [7, 11) is 0. The molecule has 1 unspecified atom stereocenters. The third kappa shape index (κ3) is 2.00. The van der Waals surface area contributed by atoms with Crippen LogP contribution in [-0.2, 0) is 0 Å². The van der Waals surface area contributed by atoms with Crippen molar-refractivity contribution in [3.05, 3.63) is 29.3 Å². The molecule has 1 atom stereocenters. The maximum atomic E-state index is 5.95. The molecule has 0 bridgehead atoms. The average Bonchev–Trinajstić information content (AvgIpc) is 2.16. The van der Waals surface area contributed by atoms with Crippen molar-refractivity contribution in [2.45, 2.75) is 38.7 Å². The maximum Gasteiger partial charge on any atom is 0.123 e. The zero-order valence-electron chi connectivity index (χ0n) is 9.71. The molecule has 0 aromatic heterocycles. The van der Waals surface area contributed by atoms with Crippen molar-refractivity contribution in [3.8, 4) is 5.75 Å². The van der Waals surface area contributed by atoms with Gasteiger partial charge in [0, 0.05) is 5.92 Å². The molecule has 15 heavy (non-hydrogen) atoms. The van der Waals surface area contributed by atoms with Crippen LogP contribution in [0.2, 0.25) is 0 Å². The second-order valence-electron chi connectivity index (χ2n) is 5.04. The standard InChI is InChI=1S/C13H19NO/c1-9-4-5-12-11(6-9)10(8-14)7-13(2,3)15-12/h4-6,10H,7-8,14H2,1-3H3. The van der Waals surface area contributed by atoms with E-state index in [0.29, 0.717) is 12.5 Å². The molecule has 2 nitrogen and oxygen atoms in total. The second-order valence-corrected chi connectivity index (χ2v) is 5.04. The van der Waals surface area contributed by atoms with Crippen LogP contribution in [0.1, 0.15) is 37.3 Å². The van der Waals surface area contributed by atoms with Crippen LogP contribution in [0, 0.1) is 6.92 Å². The Morgan fingerprint density at radius 1 is 1.47 bits per heavy atom. The number of hydrogen-bond donors (Lipinski definition) is 1. The number of rotatable bonds is 1. The zero-order valence-corrected chi connectivity index (χ0v) is 9.71. The van der Waals surface area contributed by atoms with Crippen LogP contribution in [0.4, 0.5) is 0 Å². The molecule has 1 aromatic rings. The number of hydrogen-bond acceptors (Lipinski definition) is 2. The summed E-state index contributed by atoms with van der Waals surface area (Å²) in [5.74, 6) is 1.44. The number of benzene rings is 1. The Balaban J connectivity index is 2.44. The molecule has 2 rings (SSSR count). The first-order chi connectivity index (χ1) is 7.02. The molecule has 1 aromatic carbocycles. The van der Waals surface area contributed by atoms with Crippen molar-refractivity contribution in [1.82, 2.24) is 0 Å². The third-order valence-corrected chi connectivity index (χ3v) is 3.01. The van der Waals surface area contributed by atoms with Gasteiger partial charge in [0.15, 0.2) is 0 Å². The summed E-state index contributed by atoms with van der Waals surface area (Å²) in [5, 5.41) is 0. The van der Waals surface area contributed by atoms with Gasteiger partial charge in [-0.15, -0.1) is 0 Å². The number of ether oxygens (including phenoxy) is 1. The molecule has 2 N–H and O–H groups in total. The molecule has 2 heteroatoms. The first-order valence-corrected chi connectivity index (χ1v) is 5.51. The lowest BCUT2D eigenvalue weighted by Crippen LogP contribution is -2.37. The molecule has 0 fully saturated rings. The lowest BCUT2D eigenvalue weighted by molar-refractivity contribution is 0.0731. The molecular weight excluding hydrogens is 186 g/mol. The number of fused-ring (bicyclic) bond motifs is 1. The van der Waals surface area contributed by atoms with Crippen LogP contribution in [0.15, 0.2) is 18.2 Å². The van der Waals surface area contributed by atoms with Gasteiger partial charge >= 0.3 is 0 Å². The summed E-state index contributed by atoms with van der Waals surface area (Å²) >= 11 is 0. The van der Waals surface area contributed by atoms with E-state index in [4.69, 9.17) is 10.5 Å². The minimum absolute atomic E-state index is 0.0910. The molecule has 0 aliphatic carbocycles. The second kappa shape index (κ2) is 3.53. The molecule has 0 saturated carbocycles. The van der Waals surface area contributed by atoms with Gasteiger partial charge in [-0.25, -0.2) is 0 Å². The van der Waals surface area contributed by atoms with Gasteiger partial charge in [0.2, 0.25) is 0 Å². The molecule has 0 spiro atoms. The van der Waals surface area contributed by atoms with Gasteiger partial charge in [0.05, 0.1) is 0 Å². The van der Waals surface area contributed by atoms with E-state index in [0.717, 1.165) is 12.2 Å². The van der Waals surface area contributed by atoms with Gasteiger partial charge in [-0.3, -0.25) is 0 Å². The lowest BCUT2D eigenvalue weighted by Gasteiger charge is -2.37. The quantitative estimate of drug-likeness (QED) is 0.765. The highest BCUT2D eigenvalue weighted by Gasteiger charge is 2.32. The minimum atomic E-state index is -0.0910. The fraction of sp³-hybridized carbons (Fsp3) is 0.538. The van der Waals surface area contributed by atoms with E-state index in [1.807, 2.05) is 0 Å². The summed E-state index contributed by atoms with van der Waals surface area (Å²) in [4.78, 5) is 0. The van der Waals surface area contributed by atoms with Gasteiger partial charge in [-0.2, -0.15) is 0 Å². The molecule has 1 aliphatic heterocycles. The van der Waals surface area contributed by atoms with E-state index in [2.05, 4.69) is 39.0 Å². The van der Waals surface area contributed by atoms with Crippen molar-refractivity contribution < 1.29 is 4.74 Å². The molecule has 0 radical (unpaired) electrons. The Hall–Kier alpha value is -1.02. The van der Waals surface area contributed by atoms with Crippen molar-refractivity contribution in [1.29, 1.82) is 0 Å². The summed E-state index contributed by atoms with van der Waals surface area (Å²) in [5.41, 5.74) is 8.29. The van der Waals surface area contributed by atoms with E-state index in [9.17, 15) is 0 Å². The highest BCUT2D eigenvalue weighted by Crippen LogP contribution is 2.40. The summed E-state index contributed by atoms with van der Waals surface area (Å²) in [6.45, 7) is 7.05. The van der Waals surface area contributed by atoms with Crippen LogP contribution in [0.5, 0.6) is 5.75 Å². The summed E-state index contributed by atoms with van der Waals surface area (Å²) < 4.78 is 5.95. The largest absolute Gasteiger partial charge is 0.488 e. The van der Waals surface area contributed by atoms with E-state index >= 15 is 0 Å². The maximum absolute atomic E-state index is 5.95. The average molecular weight is 205 g/mol. The topological polar surface area (TPSA) is 35.2 Å². The Kier molecular flexibility index (Phi) is 2.47. The smallest absolute Gasteiger partial charge is 0.123 e. The molecule has 1 aliphatic rings. The normalized spacial score (nSPS) is 23.1. The highest BCUT2D eigenvalue weighted by atomic mass is 16.5. The van der Waals surface area contributed by atoms with Gasteiger partial charge in [-0.1, -0.05) is 17.7 Å². The van der Waals surface area contributed by atoms with Crippen LogP contribution < -0.4 is 10.5 Å². The first-order valence-electron chi connectivity index (χ1n) is 5.51. The highest BCUT2D eigenvalue weighted by molar-refractivity contribution is 5.42. The number of nitrogens with two attached hydrogens (primary N) is 1. The molecular formula is C13H19NO. The van der Waals surface area contributed by atoms with Crippen molar-refractivity contribution in [2.75, 3.05) is 6.54 Å². The Morgan fingerprint density at radius 2 is 2.20 bits per heavy atom. The van der Waals surface area contributed by atoms with E-state index in [-0.39, 0.29) is 5.60 Å². The summed E-state index contributed by atoms with van der Waals surface area (Å²) in [6.07, 6.45) is 1.000. The predicted octanol–water partition coefficient (Wildman–Crippen LogP) is 2.60. The molecule has 82 valence electrons. The fourth-order valence-electron chi connectivity index (χ4n) is 2.33. The van der Waals surface area contributed by atoms with Gasteiger partial charge in [-0.05, 0) is 45.4 Å². The van der Waals surface area contributed by atoms with Crippen LogP contribution >= 0.6 is 0 Å². The Labute approximate surface area is 91.4 Å². The lowest BCUT2D eigenvalue weighted by atomic mass is 9.84. The monoisotopic (exact) mass is 205 g/mol. The summed E-state index contributed by atoms with van der Waals surface area (Å²) in [6, 6.07) is 6.35. The first kappa shape index (κ1) is 10.5. The van der Waals surface area contributed by atoms with Crippen LogP contribution in [0.3, 0.4) is 0 Å². The molecule has 1 heterocycles. The van der Waals surface area contributed by atoms with Crippen LogP contribution in [0.25, 0.3) is 0 Å². The minimum Gasteiger partial charge on any atom is -0.488 e. The van der Waals surface area contributed by atoms with Crippen molar-refractivity contribution in [2.24, 2.45) is 5.73 Å². The van der Waals surface area contributed by atoms with Gasteiger partial charge in [0.25, 0.3) is 0 Å². The SMILES string of the molecule is Cc1ccc2c(c1)C(CN)CC(C)(C)O2. The van der Waals surface area contributed by atoms with Crippen molar-refractivity contribution in [3.63, 3.8) is 0 Å². The van der Waals surface area contributed by atoms with Crippen molar-refractivity contribution >= 4 is 0 Å². The molecule has 0 saturated heterocycles. The van der Waals surface area contributed by atoms with Crippen LogP contribution in [-0.4, -0.2) is 12.1 Å². The molecule has 0 amide bonds. The van der Waals surface area contributed by atoms with Gasteiger partial charge < -0.3 is 10.5 Å². The van der Waals surface area contributed by atoms with Gasteiger partial charge in [0.1, 0.15) is 11.4 Å².